The van der Waals surface area contributed by atoms with Gasteiger partial charge in [0.2, 0.25) is 0 Å². The molecule has 2 N–H and O–H groups in total. The van der Waals surface area contributed by atoms with Crippen LogP contribution < -0.4 is 10.6 Å². The summed E-state index contributed by atoms with van der Waals surface area (Å²) in [5.41, 5.74) is 4.21. The summed E-state index contributed by atoms with van der Waals surface area (Å²) in [6.45, 7) is 10.7. The van der Waals surface area contributed by atoms with Crippen LogP contribution in [0.25, 0.3) is 0 Å². The lowest BCUT2D eigenvalue weighted by molar-refractivity contribution is 0.605. The summed E-state index contributed by atoms with van der Waals surface area (Å²) in [7, 11) is 0. The van der Waals surface area contributed by atoms with Gasteiger partial charge in [-0.2, -0.15) is 0 Å². The molecule has 0 aromatic heterocycles. The van der Waals surface area contributed by atoms with Gasteiger partial charge in [0, 0.05) is 19.6 Å². The summed E-state index contributed by atoms with van der Waals surface area (Å²) >= 11 is 0. The van der Waals surface area contributed by atoms with Gasteiger partial charge in [-0.1, -0.05) is 25.1 Å². The number of hydrogen-bond acceptors (Lipinski definition) is 2. The van der Waals surface area contributed by atoms with Crippen molar-refractivity contribution < 1.29 is 0 Å². The van der Waals surface area contributed by atoms with Crippen LogP contribution in [0.1, 0.15) is 30.0 Å². The minimum absolute atomic E-state index is 0.978. The lowest BCUT2D eigenvalue weighted by Gasteiger charge is -2.11. The summed E-state index contributed by atoms with van der Waals surface area (Å²) in [5.74, 6) is 0. The van der Waals surface area contributed by atoms with Crippen molar-refractivity contribution in [2.24, 2.45) is 0 Å². The third kappa shape index (κ3) is 4.33. The van der Waals surface area contributed by atoms with E-state index in [0.717, 1.165) is 26.2 Å². The van der Waals surface area contributed by atoms with Crippen molar-refractivity contribution in [3.05, 3.63) is 34.9 Å². The Morgan fingerprint density at radius 2 is 1.56 bits per heavy atom. The standard InChI is InChI=1S/C14H24N2/c1-4-8-15-9-10-16-11-14-12(2)6-5-7-13(14)3/h5-7,15-16H,4,8-11H2,1-3H3. The molecular weight excluding hydrogens is 196 g/mol. The second-order valence-electron chi connectivity index (χ2n) is 4.30. The van der Waals surface area contributed by atoms with E-state index in [1.165, 1.54) is 23.1 Å². The molecule has 2 heteroatoms. The van der Waals surface area contributed by atoms with Crippen molar-refractivity contribution in [3.8, 4) is 0 Å². The third-order valence-electron chi connectivity index (χ3n) is 2.85. The number of hydrogen-bond donors (Lipinski definition) is 2. The first-order valence-electron chi connectivity index (χ1n) is 6.22. The van der Waals surface area contributed by atoms with Gasteiger partial charge >= 0.3 is 0 Å². The van der Waals surface area contributed by atoms with Crippen LogP contribution in [0, 0.1) is 13.8 Å². The topological polar surface area (TPSA) is 24.1 Å². The van der Waals surface area contributed by atoms with E-state index in [0.29, 0.717) is 0 Å². The van der Waals surface area contributed by atoms with E-state index in [1.807, 2.05) is 0 Å². The maximum absolute atomic E-state index is 3.48. The highest BCUT2D eigenvalue weighted by Gasteiger charge is 2.00. The number of aryl methyl sites for hydroxylation is 2. The normalized spacial score (nSPS) is 10.7. The zero-order valence-corrected chi connectivity index (χ0v) is 10.8. The maximum atomic E-state index is 3.48. The molecule has 1 aromatic carbocycles. The Bertz CT molecular complexity index is 287. The largest absolute Gasteiger partial charge is 0.315 e. The van der Waals surface area contributed by atoms with E-state index < -0.39 is 0 Å². The summed E-state index contributed by atoms with van der Waals surface area (Å²) in [6, 6.07) is 6.48. The van der Waals surface area contributed by atoms with Gasteiger partial charge in [-0.25, -0.2) is 0 Å². The van der Waals surface area contributed by atoms with E-state index in [1.54, 1.807) is 0 Å². The maximum Gasteiger partial charge on any atom is 0.0211 e. The molecule has 0 amide bonds. The minimum Gasteiger partial charge on any atom is -0.315 e. The van der Waals surface area contributed by atoms with Crippen molar-refractivity contribution in [3.63, 3.8) is 0 Å². The van der Waals surface area contributed by atoms with Crippen LogP contribution in [0.2, 0.25) is 0 Å². The van der Waals surface area contributed by atoms with Crippen molar-refractivity contribution in [2.75, 3.05) is 19.6 Å². The molecular formula is C14H24N2. The van der Waals surface area contributed by atoms with Crippen molar-refractivity contribution in [2.45, 2.75) is 33.7 Å². The zero-order chi connectivity index (χ0) is 11.8. The smallest absolute Gasteiger partial charge is 0.0211 e. The molecule has 0 fully saturated rings. The molecule has 0 unspecified atom stereocenters. The van der Waals surface area contributed by atoms with Gasteiger partial charge < -0.3 is 10.6 Å². The monoisotopic (exact) mass is 220 g/mol. The van der Waals surface area contributed by atoms with Gasteiger partial charge in [-0.3, -0.25) is 0 Å². The molecule has 0 spiro atoms. The average molecular weight is 220 g/mol. The third-order valence-corrected chi connectivity index (χ3v) is 2.85. The van der Waals surface area contributed by atoms with E-state index in [4.69, 9.17) is 0 Å². The first kappa shape index (κ1) is 13.2. The molecule has 2 nitrogen and oxygen atoms in total. The Kier molecular flexibility index (Phi) is 6.12. The van der Waals surface area contributed by atoms with E-state index in [-0.39, 0.29) is 0 Å². The fourth-order valence-electron chi connectivity index (χ4n) is 1.82. The van der Waals surface area contributed by atoms with Gasteiger partial charge in [-0.15, -0.1) is 0 Å². The van der Waals surface area contributed by atoms with E-state index in [9.17, 15) is 0 Å². The fourth-order valence-corrected chi connectivity index (χ4v) is 1.82. The average Bonchev–Trinajstić information content (AvgIpc) is 2.26. The first-order valence-corrected chi connectivity index (χ1v) is 6.22. The summed E-state index contributed by atoms with van der Waals surface area (Å²) < 4.78 is 0. The predicted octanol–water partition coefficient (Wildman–Crippen LogP) is 2.39. The molecule has 1 rings (SSSR count). The lowest BCUT2D eigenvalue weighted by atomic mass is 10.0. The second-order valence-corrected chi connectivity index (χ2v) is 4.30. The lowest BCUT2D eigenvalue weighted by Crippen LogP contribution is -2.27. The molecule has 0 atom stereocenters. The van der Waals surface area contributed by atoms with Crippen LogP contribution in [0.15, 0.2) is 18.2 Å². The number of nitrogens with one attached hydrogen (secondary N) is 2. The Balaban J connectivity index is 2.26. The molecule has 1 aromatic rings. The minimum atomic E-state index is 0.978. The van der Waals surface area contributed by atoms with Crippen molar-refractivity contribution in [1.29, 1.82) is 0 Å². The molecule has 0 saturated carbocycles. The zero-order valence-electron chi connectivity index (χ0n) is 10.8. The van der Waals surface area contributed by atoms with Crippen LogP contribution in [0.4, 0.5) is 0 Å². The summed E-state index contributed by atoms with van der Waals surface area (Å²) in [5, 5.41) is 6.87. The van der Waals surface area contributed by atoms with Crippen LogP contribution in [-0.4, -0.2) is 19.6 Å². The molecule has 16 heavy (non-hydrogen) atoms. The molecule has 0 aliphatic heterocycles. The van der Waals surface area contributed by atoms with Crippen molar-refractivity contribution >= 4 is 0 Å². The summed E-state index contributed by atoms with van der Waals surface area (Å²) in [6.07, 6.45) is 1.21. The van der Waals surface area contributed by atoms with E-state index >= 15 is 0 Å². The van der Waals surface area contributed by atoms with Gasteiger partial charge in [0.25, 0.3) is 0 Å². The molecule has 0 heterocycles. The number of benzene rings is 1. The van der Waals surface area contributed by atoms with Gasteiger partial charge in [0.15, 0.2) is 0 Å². The Labute approximate surface area is 99.5 Å². The molecule has 0 aliphatic carbocycles. The highest BCUT2D eigenvalue weighted by molar-refractivity contribution is 5.33. The van der Waals surface area contributed by atoms with Crippen LogP contribution in [0.3, 0.4) is 0 Å². The quantitative estimate of drug-likeness (QED) is 0.690. The second kappa shape index (κ2) is 7.42. The highest BCUT2D eigenvalue weighted by Crippen LogP contribution is 2.12. The van der Waals surface area contributed by atoms with Gasteiger partial charge in [-0.05, 0) is 43.5 Å². The van der Waals surface area contributed by atoms with Gasteiger partial charge in [0.1, 0.15) is 0 Å². The summed E-state index contributed by atoms with van der Waals surface area (Å²) in [4.78, 5) is 0. The molecule has 0 radical (unpaired) electrons. The SMILES string of the molecule is CCCNCCNCc1c(C)cccc1C. The van der Waals surface area contributed by atoms with Crippen LogP contribution >= 0.6 is 0 Å². The Morgan fingerprint density at radius 1 is 0.938 bits per heavy atom. The number of rotatable bonds is 7. The Hall–Kier alpha value is -0.860. The van der Waals surface area contributed by atoms with Crippen LogP contribution in [0.5, 0.6) is 0 Å². The van der Waals surface area contributed by atoms with Crippen molar-refractivity contribution in [1.82, 2.24) is 10.6 Å². The predicted molar refractivity (Wildman–Crippen MR) is 70.8 cm³/mol. The van der Waals surface area contributed by atoms with Gasteiger partial charge in [0.05, 0.1) is 0 Å². The highest BCUT2D eigenvalue weighted by atomic mass is 14.9. The first-order chi connectivity index (χ1) is 7.75. The van der Waals surface area contributed by atoms with E-state index in [2.05, 4.69) is 49.6 Å². The van der Waals surface area contributed by atoms with Crippen LogP contribution in [-0.2, 0) is 6.54 Å². The molecule has 0 bridgehead atoms. The molecule has 0 saturated heterocycles. The molecule has 90 valence electrons. The molecule has 0 aliphatic rings. The fraction of sp³-hybridized carbons (Fsp3) is 0.571. The Morgan fingerprint density at radius 3 is 2.19 bits per heavy atom.